The van der Waals surface area contributed by atoms with Crippen LogP contribution in [0, 0.1) is 0 Å². The van der Waals surface area contributed by atoms with Gasteiger partial charge in [0.1, 0.15) is 0 Å². The van der Waals surface area contributed by atoms with Crippen molar-refractivity contribution in [3.63, 3.8) is 0 Å². The smallest absolute Gasteiger partial charge is 0.275 e. The average Bonchev–Trinajstić information content (AvgIpc) is 1.85. The Balaban J connectivity index is 0. The molecule has 0 aliphatic rings. The van der Waals surface area contributed by atoms with E-state index in [4.69, 9.17) is 14.4 Å². The SMILES string of the molecule is NNC(=O)NN.O=[P+](O)O. The van der Waals surface area contributed by atoms with Gasteiger partial charge in [-0.25, -0.2) is 16.5 Å². The molecule has 0 atom stereocenters. The van der Waals surface area contributed by atoms with Crippen molar-refractivity contribution < 1.29 is 19.1 Å². The summed E-state index contributed by atoms with van der Waals surface area (Å²) in [5.41, 5.74) is 3.48. The van der Waals surface area contributed by atoms with Crippen molar-refractivity contribution in [1.82, 2.24) is 10.9 Å². The van der Waals surface area contributed by atoms with Gasteiger partial charge < -0.3 is 0 Å². The molecule has 0 saturated heterocycles. The van der Waals surface area contributed by atoms with Crippen molar-refractivity contribution in [3.05, 3.63) is 0 Å². The summed E-state index contributed by atoms with van der Waals surface area (Å²) in [6.45, 7) is 0. The second kappa shape index (κ2) is 8.21. The largest absolute Gasteiger partial charge is 0.692 e. The fourth-order valence-electron chi connectivity index (χ4n) is 0.0417. The molecule has 0 unspecified atom stereocenters. The Morgan fingerprint density at radius 2 is 1.50 bits per heavy atom. The molecule has 0 aromatic rings. The Morgan fingerprint density at radius 3 is 1.50 bits per heavy atom. The zero-order valence-electron chi connectivity index (χ0n) is 4.81. The molecule has 2 amide bonds. The molecule has 8 N–H and O–H groups in total. The Labute approximate surface area is 57.1 Å². The molecule has 0 aliphatic carbocycles. The quantitative estimate of drug-likeness (QED) is 0.104. The lowest BCUT2D eigenvalue weighted by Crippen LogP contribution is -2.43. The van der Waals surface area contributed by atoms with E-state index in [1.807, 2.05) is 0 Å². The molecular formula is CH8N4O4P+. The summed E-state index contributed by atoms with van der Waals surface area (Å²) >= 11 is 0. The third-order valence-electron chi connectivity index (χ3n) is 0.262. The van der Waals surface area contributed by atoms with Gasteiger partial charge in [-0.1, -0.05) is 0 Å². The van der Waals surface area contributed by atoms with Crippen molar-refractivity contribution >= 4 is 14.3 Å². The van der Waals surface area contributed by atoms with Crippen molar-refractivity contribution in [2.24, 2.45) is 11.7 Å². The summed E-state index contributed by atoms with van der Waals surface area (Å²) in [5.74, 6) is 9.08. The third kappa shape index (κ3) is 27.0. The maximum atomic E-state index is 9.71. The second-order valence-corrected chi connectivity index (χ2v) is 1.38. The van der Waals surface area contributed by atoms with Gasteiger partial charge in [0.2, 0.25) is 0 Å². The molecule has 0 rings (SSSR count). The van der Waals surface area contributed by atoms with Gasteiger partial charge in [0.05, 0.1) is 0 Å². The first-order chi connectivity index (χ1) is 4.54. The summed E-state index contributed by atoms with van der Waals surface area (Å²) in [6, 6.07) is -0.602. The minimum absolute atomic E-state index is 0.602. The standard InChI is InChI=1S/CH6N4O.HO3P/c2-4-1(6)5-3;1-4(2)3/h2-3H2,(H2,4,5,6);(H-,1,2,3)/p+1. The topological polar surface area (TPSA) is 151 Å². The molecule has 0 aliphatic heterocycles. The predicted octanol–water partition coefficient (Wildman–Crippen LogP) is -2.34. The van der Waals surface area contributed by atoms with Crippen LogP contribution in [0.2, 0.25) is 0 Å². The predicted molar refractivity (Wildman–Crippen MR) is 32.1 cm³/mol. The Kier molecular flexibility index (Phi) is 9.80. The number of nitrogens with two attached hydrogens (primary N) is 2. The molecule has 0 spiro atoms. The Bertz CT molecular complexity index is 106. The molecule has 9 heteroatoms. The fraction of sp³-hybridized carbons (Fsp3) is 0. The molecule has 0 fully saturated rings. The highest BCUT2D eigenvalue weighted by atomic mass is 31.1. The Hall–Kier alpha value is -0.790. The van der Waals surface area contributed by atoms with Crippen molar-refractivity contribution in [3.8, 4) is 0 Å². The molecule has 0 aromatic heterocycles. The van der Waals surface area contributed by atoms with Gasteiger partial charge in [0, 0.05) is 4.57 Å². The summed E-state index contributed by atoms with van der Waals surface area (Å²) in [6.07, 6.45) is 0. The van der Waals surface area contributed by atoms with Crippen LogP contribution in [-0.4, -0.2) is 15.8 Å². The summed E-state index contributed by atoms with van der Waals surface area (Å²) < 4.78 is 8.70. The first-order valence-corrected chi connectivity index (χ1v) is 3.03. The lowest BCUT2D eigenvalue weighted by molar-refractivity contribution is 0.241. The first-order valence-electron chi connectivity index (χ1n) is 1.86. The van der Waals surface area contributed by atoms with Crippen molar-refractivity contribution in [2.45, 2.75) is 0 Å². The van der Waals surface area contributed by atoms with Crippen LogP contribution in [-0.2, 0) is 4.57 Å². The summed E-state index contributed by atoms with van der Waals surface area (Å²) in [7, 11) is -2.87. The van der Waals surface area contributed by atoms with Gasteiger partial charge in [-0.2, -0.15) is 0 Å². The fourth-order valence-corrected chi connectivity index (χ4v) is 0.0417. The monoisotopic (exact) mass is 171 g/mol. The maximum absolute atomic E-state index is 9.71. The van der Waals surface area contributed by atoms with Crippen LogP contribution < -0.4 is 22.5 Å². The summed E-state index contributed by atoms with van der Waals surface area (Å²) in [4.78, 5) is 23.9. The molecular weight excluding hydrogens is 163 g/mol. The molecule has 0 heterocycles. The highest BCUT2D eigenvalue weighted by molar-refractivity contribution is 7.30. The summed E-state index contributed by atoms with van der Waals surface area (Å²) in [5, 5.41) is 0. The minimum Gasteiger partial charge on any atom is -0.275 e. The van der Waals surface area contributed by atoms with Gasteiger partial charge >= 0.3 is 14.3 Å². The van der Waals surface area contributed by atoms with Gasteiger partial charge in [-0.05, 0) is 0 Å². The zero-order chi connectivity index (χ0) is 8.57. The zero-order valence-corrected chi connectivity index (χ0v) is 5.71. The average molecular weight is 171 g/mol. The van der Waals surface area contributed by atoms with Gasteiger partial charge in [-0.15, -0.1) is 9.79 Å². The number of hydrazine groups is 2. The van der Waals surface area contributed by atoms with Crippen LogP contribution in [0.1, 0.15) is 0 Å². The van der Waals surface area contributed by atoms with Crippen LogP contribution >= 0.6 is 8.25 Å². The highest BCUT2D eigenvalue weighted by Gasteiger charge is 1.93. The lowest BCUT2D eigenvalue weighted by Gasteiger charge is -1.90. The van der Waals surface area contributed by atoms with Gasteiger partial charge in [0.15, 0.2) is 0 Å². The molecule has 0 aromatic carbocycles. The normalized spacial score (nSPS) is 6.80. The van der Waals surface area contributed by atoms with E-state index in [0.29, 0.717) is 0 Å². The highest BCUT2D eigenvalue weighted by Crippen LogP contribution is 1.98. The lowest BCUT2D eigenvalue weighted by atomic mass is 11.1. The first kappa shape index (κ1) is 11.9. The number of hydrogen-bond donors (Lipinski definition) is 6. The van der Waals surface area contributed by atoms with E-state index >= 15 is 0 Å². The maximum Gasteiger partial charge on any atom is 0.692 e. The number of urea groups is 1. The third-order valence-corrected chi connectivity index (χ3v) is 0.262. The van der Waals surface area contributed by atoms with Crippen LogP contribution in [0.3, 0.4) is 0 Å². The van der Waals surface area contributed by atoms with E-state index in [1.165, 1.54) is 0 Å². The van der Waals surface area contributed by atoms with Gasteiger partial charge in [-0.3, -0.25) is 10.9 Å². The minimum atomic E-state index is -2.87. The number of rotatable bonds is 0. The molecule has 60 valence electrons. The number of hydrogen-bond acceptors (Lipinski definition) is 4. The molecule has 0 radical (unpaired) electrons. The number of carbonyl (C=O) groups excluding carboxylic acids is 1. The van der Waals surface area contributed by atoms with Crippen LogP contribution in [0.15, 0.2) is 0 Å². The van der Waals surface area contributed by atoms with Crippen LogP contribution in [0.5, 0.6) is 0 Å². The molecule has 0 saturated carbocycles. The van der Waals surface area contributed by atoms with Crippen LogP contribution in [0.25, 0.3) is 0 Å². The molecule has 0 bridgehead atoms. The number of nitrogens with one attached hydrogen (secondary N) is 2. The van der Waals surface area contributed by atoms with Crippen molar-refractivity contribution in [1.29, 1.82) is 0 Å². The second-order valence-electron chi connectivity index (χ2n) is 0.871. The van der Waals surface area contributed by atoms with Crippen LogP contribution in [0.4, 0.5) is 4.79 Å². The van der Waals surface area contributed by atoms with E-state index in [1.54, 1.807) is 10.9 Å². The molecule has 10 heavy (non-hydrogen) atoms. The van der Waals surface area contributed by atoms with E-state index in [9.17, 15) is 4.79 Å². The van der Waals surface area contributed by atoms with E-state index < -0.39 is 14.3 Å². The van der Waals surface area contributed by atoms with E-state index in [2.05, 4.69) is 11.7 Å². The van der Waals surface area contributed by atoms with Gasteiger partial charge in [0.25, 0.3) is 0 Å². The van der Waals surface area contributed by atoms with Crippen molar-refractivity contribution in [2.75, 3.05) is 0 Å². The van der Waals surface area contributed by atoms with E-state index in [0.717, 1.165) is 0 Å². The number of amides is 2. The van der Waals surface area contributed by atoms with E-state index in [-0.39, 0.29) is 0 Å². The molecule has 8 nitrogen and oxygen atoms in total. The Morgan fingerprint density at radius 1 is 1.30 bits per heavy atom. The number of carbonyl (C=O) groups is 1.